The molecule has 0 aliphatic rings. The van der Waals surface area contributed by atoms with Crippen molar-refractivity contribution < 1.29 is 0 Å². The fourth-order valence-corrected chi connectivity index (χ4v) is 2.11. The molecule has 0 aromatic carbocycles. The van der Waals surface area contributed by atoms with E-state index >= 15 is 0 Å². The number of allylic oxidation sites excluding steroid dienone is 1. The van der Waals surface area contributed by atoms with Gasteiger partial charge < -0.3 is 0 Å². The van der Waals surface area contributed by atoms with Crippen molar-refractivity contribution >= 4 is 0 Å². The minimum atomic E-state index is 0.808. The van der Waals surface area contributed by atoms with Gasteiger partial charge in [0.1, 0.15) is 0 Å². The van der Waals surface area contributed by atoms with Crippen LogP contribution in [0, 0.1) is 17.8 Å². The van der Waals surface area contributed by atoms with Crippen LogP contribution in [0.3, 0.4) is 0 Å². The van der Waals surface area contributed by atoms with Gasteiger partial charge in [-0.3, -0.25) is 0 Å². The maximum absolute atomic E-state index is 3.80. The van der Waals surface area contributed by atoms with Crippen molar-refractivity contribution in [2.45, 2.75) is 47.0 Å². The first-order chi connectivity index (χ1) is 5.67. The maximum Gasteiger partial charge on any atom is -0.0325 e. The number of hydrogen-bond donors (Lipinski definition) is 0. The van der Waals surface area contributed by atoms with Crippen LogP contribution < -0.4 is 0 Å². The van der Waals surface area contributed by atoms with Gasteiger partial charge in [0.05, 0.1) is 0 Å². The SMILES string of the molecule is C=CCC(C)C(CC)C(C)CC. The monoisotopic (exact) mass is 168 g/mol. The zero-order valence-corrected chi connectivity index (χ0v) is 9.14. The maximum atomic E-state index is 3.80. The summed E-state index contributed by atoms with van der Waals surface area (Å²) in [5.41, 5.74) is 0. The van der Waals surface area contributed by atoms with Crippen LogP contribution in [-0.4, -0.2) is 0 Å². The highest BCUT2D eigenvalue weighted by atomic mass is 14.2. The first kappa shape index (κ1) is 11.7. The van der Waals surface area contributed by atoms with E-state index in [1.165, 1.54) is 19.3 Å². The van der Waals surface area contributed by atoms with Crippen molar-refractivity contribution in [2.75, 3.05) is 0 Å². The Hall–Kier alpha value is -0.260. The third kappa shape index (κ3) is 3.42. The molecular weight excluding hydrogens is 144 g/mol. The van der Waals surface area contributed by atoms with Crippen LogP contribution in [0.2, 0.25) is 0 Å². The summed E-state index contributed by atoms with van der Waals surface area (Å²) >= 11 is 0. The third-order valence-electron chi connectivity index (χ3n) is 3.12. The van der Waals surface area contributed by atoms with Crippen LogP contribution in [0.4, 0.5) is 0 Å². The molecular formula is C12H24. The van der Waals surface area contributed by atoms with Crippen LogP contribution >= 0.6 is 0 Å². The first-order valence-corrected chi connectivity index (χ1v) is 5.28. The van der Waals surface area contributed by atoms with Gasteiger partial charge in [0.15, 0.2) is 0 Å². The lowest BCUT2D eigenvalue weighted by Gasteiger charge is -2.27. The molecule has 0 fully saturated rings. The smallest absolute Gasteiger partial charge is 0.0325 e. The second-order valence-electron chi connectivity index (χ2n) is 3.96. The first-order valence-electron chi connectivity index (χ1n) is 5.28. The highest BCUT2D eigenvalue weighted by molar-refractivity contribution is 4.77. The predicted molar refractivity (Wildman–Crippen MR) is 57.2 cm³/mol. The second kappa shape index (κ2) is 6.28. The van der Waals surface area contributed by atoms with Crippen molar-refractivity contribution in [1.29, 1.82) is 0 Å². The summed E-state index contributed by atoms with van der Waals surface area (Å²) in [4.78, 5) is 0. The Kier molecular flexibility index (Phi) is 6.14. The fraction of sp³-hybridized carbons (Fsp3) is 0.833. The highest BCUT2D eigenvalue weighted by Crippen LogP contribution is 2.28. The van der Waals surface area contributed by atoms with E-state index in [-0.39, 0.29) is 0 Å². The molecule has 0 heterocycles. The number of hydrogen-bond acceptors (Lipinski definition) is 0. The molecule has 0 radical (unpaired) electrons. The molecule has 0 amide bonds. The molecule has 3 atom stereocenters. The molecule has 12 heavy (non-hydrogen) atoms. The molecule has 0 aromatic heterocycles. The van der Waals surface area contributed by atoms with Gasteiger partial charge in [-0.2, -0.15) is 0 Å². The standard InChI is InChI=1S/C12H24/c1-6-9-11(5)12(8-3)10(4)7-2/h6,10-12H,1,7-9H2,2-5H3. The molecule has 0 saturated heterocycles. The molecule has 0 heteroatoms. The summed E-state index contributed by atoms with van der Waals surface area (Å²) in [6, 6.07) is 0. The van der Waals surface area contributed by atoms with E-state index in [9.17, 15) is 0 Å². The molecule has 0 N–H and O–H groups in total. The molecule has 0 aromatic rings. The average Bonchev–Trinajstić information content (AvgIpc) is 2.06. The van der Waals surface area contributed by atoms with E-state index in [4.69, 9.17) is 0 Å². The van der Waals surface area contributed by atoms with Gasteiger partial charge >= 0.3 is 0 Å². The minimum absolute atomic E-state index is 0.808. The molecule has 72 valence electrons. The largest absolute Gasteiger partial charge is 0.103 e. The molecule has 0 rings (SSSR count). The van der Waals surface area contributed by atoms with Crippen molar-refractivity contribution in [3.63, 3.8) is 0 Å². The van der Waals surface area contributed by atoms with Gasteiger partial charge in [-0.1, -0.05) is 46.6 Å². The highest BCUT2D eigenvalue weighted by Gasteiger charge is 2.19. The van der Waals surface area contributed by atoms with Gasteiger partial charge in [0, 0.05) is 0 Å². The second-order valence-corrected chi connectivity index (χ2v) is 3.96. The van der Waals surface area contributed by atoms with Crippen LogP contribution in [0.15, 0.2) is 12.7 Å². The topological polar surface area (TPSA) is 0 Å². The van der Waals surface area contributed by atoms with Gasteiger partial charge in [0.2, 0.25) is 0 Å². The van der Waals surface area contributed by atoms with E-state index in [2.05, 4.69) is 40.3 Å². The van der Waals surface area contributed by atoms with E-state index in [0.717, 1.165) is 17.8 Å². The molecule has 0 saturated carbocycles. The van der Waals surface area contributed by atoms with Crippen LogP contribution in [0.25, 0.3) is 0 Å². The Morgan fingerprint density at radius 1 is 1.08 bits per heavy atom. The zero-order valence-electron chi connectivity index (χ0n) is 9.14. The quantitative estimate of drug-likeness (QED) is 0.519. The predicted octanol–water partition coefficient (Wildman–Crippen LogP) is 4.27. The van der Waals surface area contributed by atoms with Gasteiger partial charge in [-0.05, 0) is 24.2 Å². The van der Waals surface area contributed by atoms with E-state index < -0.39 is 0 Å². The molecule has 0 aliphatic carbocycles. The van der Waals surface area contributed by atoms with Crippen LogP contribution in [-0.2, 0) is 0 Å². The van der Waals surface area contributed by atoms with Crippen molar-refractivity contribution in [1.82, 2.24) is 0 Å². The van der Waals surface area contributed by atoms with Gasteiger partial charge in [0.25, 0.3) is 0 Å². The fourth-order valence-electron chi connectivity index (χ4n) is 2.11. The molecule has 0 spiro atoms. The minimum Gasteiger partial charge on any atom is -0.103 e. The lowest BCUT2D eigenvalue weighted by atomic mass is 9.79. The zero-order chi connectivity index (χ0) is 9.56. The Morgan fingerprint density at radius 3 is 2.00 bits per heavy atom. The third-order valence-corrected chi connectivity index (χ3v) is 3.12. The lowest BCUT2D eigenvalue weighted by molar-refractivity contribution is 0.242. The summed E-state index contributed by atoms with van der Waals surface area (Å²) in [7, 11) is 0. The molecule has 3 unspecified atom stereocenters. The van der Waals surface area contributed by atoms with E-state index in [1.807, 2.05) is 0 Å². The van der Waals surface area contributed by atoms with E-state index in [1.54, 1.807) is 0 Å². The summed E-state index contributed by atoms with van der Waals surface area (Å²) in [5, 5.41) is 0. The van der Waals surface area contributed by atoms with Crippen LogP contribution in [0.1, 0.15) is 47.0 Å². The summed E-state index contributed by atoms with van der Waals surface area (Å²) in [6.45, 7) is 13.1. The number of rotatable bonds is 6. The molecule has 0 aliphatic heterocycles. The summed E-state index contributed by atoms with van der Waals surface area (Å²) < 4.78 is 0. The summed E-state index contributed by atoms with van der Waals surface area (Å²) in [6.07, 6.45) is 5.84. The normalized spacial score (nSPS) is 18.3. The Balaban J connectivity index is 4.02. The lowest BCUT2D eigenvalue weighted by Crippen LogP contribution is -2.18. The summed E-state index contributed by atoms with van der Waals surface area (Å²) in [5.74, 6) is 2.56. The average molecular weight is 168 g/mol. The Bertz CT molecular complexity index is 115. The Morgan fingerprint density at radius 2 is 1.67 bits per heavy atom. The van der Waals surface area contributed by atoms with Crippen molar-refractivity contribution in [2.24, 2.45) is 17.8 Å². The Labute approximate surface area is 78.1 Å². The molecule has 0 bridgehead atoms. The van der Waals surface area contributed by atoms with Crippen molar-refractivity contribution in [3.8, 4) is 0 Å². The van der Waals surface area contributed by atoms with Gasteiger partial charge in [-0.25, -0.2) is 0 Å². The van der Waals surface area contributed by atoms with Crippen LogP contribution in [0.5, 0.6) is 0 Å². The molecule has 0 nitrogen and oxygen atoms in total. The van der Waals surface area contributed by atoms with E-state index in [0.29, 0.717) is 0 Å². The van der Waals surface area contributed by atoms with Gasteiger partial charge in [-0.15, -0.1) is 6.58 Å². The van der Waals surface area contributed by atoms with Crippen molar-refractivity contribution in [3.05, 3.63) is 12.7 Å².